The topological polar surface area (TPSA) is 128 Å². The minimum atomic E-state index is -0.655. The third kappa shape index (κ3) is 9.82. The Balaban J connectivity index is 1.76. The van der Waals surface area contributed by atoms with E-state index < -0.39 is 11.7 Å². The van der Waals surface area contributed by atoms with Gasteiger partial charge in [0.25, 0.3) is 11.8 Å². The van der Waals surface area contributed by atoms with Gasteiger partial charge >= 0.3 is 6.09 Å². The molecule has 0 fully saturated rings. The molecule has 0 aromatic carbocycles. The summed E-state index contributed by atoms with van der Waals surface area (Å²) in [4.78, 5) is 45.1. The van der Waals surface area contributed by atoms with Gasteiger partial charge in [0.05, 0.1) is 17.5 Å². The molecule has 0 radical (unpaired) electrons. The number of nitrogens with one attached hydrogen (secondary N) is 2. The highest BCUT2D eigenvalue weighted by atomic mass is 16.6. The maximum absolute atomic E-state index is 13.3. The normalized spacial score (nSPS) is 16.5. The first kappa shape index (κ1) is 34.1. The molecular formula is C33H46N6O5. The van der Waals surface area contributed by atoms with E-state index in [0.717, 1.165) is 24.8 Å². The van der Waals surface area contributed by atoms with Gasteiger partial charge in [0.2, 0.25) is 0 Å². The predicted molar refractivity (Wildman–Crippen MR) is 171 cm³/mol. The third-order valence-corrected chi connectivity index (χ3v) is 6.98. The van der Waals surface area contributed by atoms with Gasteiger partial charge in [0.15, 0.2) is 5.69 Å². The summed E-state index contributed by atoms with van der Waals surface area (Å²) in [6, 6.07) is 3.70. The van der Waals surface area contributed by atoms with Gasteiger partial charge < -0.3 is 20.1 Å². The van der Waals surface area contributed by atoms with E-state index in [4.69, 9.17) is 9.47 Å². The molecule has 0 saturated heterocycles. The highest BCUT2D eigenvalue weighted by Gasteiger charge is 2.29. The summed E-state index contributed by atoms with van der Waals surface area (Å²) >= 11 is 0. The van der Waals surface area contributed by atoms with Crippen molar-refractivity contribution < 1.29 is 23.9 Å². The zero-order valence-electron chi connectivity index (χ0n) is 26.6. The van der Waals surface area contributed by atoms with Crippen molar-refractivity contribution in [2.75, 3.05) is 23.3 Å². The second-order valence-electron chi connectivity index (χ2n) is 11.9. The molecule has 0 spiro atoms. The van der Waals surface area contributed by atoms with Crippen LogP contribution in [-0.2, 0) is 21.3 Å². The lowest BCUT2D eigenvalue weighted by molar-refractivity contribution is -0.113. The Kier molecular flexibility index (Phi) is 12.3. The Morgan fingerprint density at radius 1 is 1.18 bits per heavy atom. The van der Waals surface area contributed by atoms with Crippen molar-refractivity contribution in [1.29, 1.82) is 0 Å². The minimum Gasteiger partial charge on any atom is -0.493 e. The van der Waals surface area contributed by atoms with E-state index >= 15 is 0 Å². The van der Waals surface area contributed by atoms with Crippen LogP contribution in [0.2, 0.25) is 0 Å². The maximum Gasteiger partial charge on any atom is 0.416 e. The molecule has 1 aliphatic rings. The van der Waals surface area contributed by atoms with Gasteiger partial charge in [-0.3, -0.25) is 19.2 Å². The number of hydrogen-bond acceptors (Lipinski definition) is 7. The molecule has 2 N–H and O–H groups in total. The summed E-state index contributed by atoms with van der Waals surface area (Å²) < 4.78 is 13.3. The first-order valence-corrected chi connectivity index (χ1v) is 15.1. The molecule has 2 aromatic heterocycles. The van der Waals surface area contributed by atoms with Gasteiger partial charge in [-0.05, 0) is 82.9 Å². The molecule has 3 heterocycles. The van der Waals surface area contributed by atoms with E-state index in [0.29, 0.717) is 49.4 Å². The number of pyridine rings is 1. The number of carbonyl (C=O) groups excluding carboxylic acids is 3. The lowest BCUT2D eigenvalue weighted by Crippen LogP contribution is -2.38. The molecule has 0 saturated carbocycles. The number of carbonyl (C=O) groups is 3. The van der Waals surface area contributed by atoms with Crippen LogP contribution >= 0.6 is 0 Å². The number of hydrogen-bond donors (Lipinski definition) is 2. The lowest BCUT2D eigenvalue weighted by Gasteiger charge is -2.28. The van der Waals surface area contributed by atoms with Crippen molar-refractivity contribution in [1.82, 2.24) is 20.1 Å². The quantitative estimate of drug-likeness (QED) is 0.204. The number of anilines is 2. The van der Waals surface area contributed by atoms with Crippen LogP contribution in [-0.4, -0.2) is 51.4 Å². The van der Waals surface area contributed by atoms with Crippen LogP contribution in [0, 0.1) is 5.92 Å². The second kappa shape index (κ2) is 15.9. The first-order valence-electron chi connectivity index (χ1n) is 15.1. The highest BCUT2D eigenvalue weighted by Crippen LogP contribution is 2.35. The molecule has 3 amide bonds. The summed E-state index contributed by atoms with van der Waals surface area (Å²) in [5, 5.41) is 9.91. The minimum absolute atomic E-state index is 0.0536. The summed E-state index contributed by atoms with van der Waals surface area (Å²) in [5.74, 6) is -0.198. The lowest BCUT2D eigenvalue weighted by atomic mass is 9.93. The Bertz CT molecular complexity index is 1360. The predicted octanol–water partition coefficient (Wildman–Crippen LogP) is 6.23. The van der Waals surface area contributed by atoms with Gasteiger partial charge in [-0.15, -0.1) is 13.2 Å². The van der Waals surface area contributed by atoms with Crippen molar-refractivity contribution in [3.05, 3.63) is 72.9 Å². The van der Waals surface area contributed by atoms with E-state index in [1.807, 2.05) is 39.0 Å². The Morgan fingerprint density at radius 3 is 2.61 bits per heavy atom. The first-order chi connectivity index (χ1) is 20.9. The molecule has 1 aliphatic heterocycles. The molecule has 3 rings (SSSR count). The average molecular weight is 607 g/mol. The number of amides is 3. The van der Waals surface area contributed by atoms with Gasteiger partial charge in [0.1, 0.15) is 17.5 Å². The summed E-state index contributed by atoms with van der Waals surface area (Å²) in [6.45, 7) is 15.9. The smallest absolute Gasteiger partial charge is 0.416 e. The summed E-state index contributed by atoms with van der Waals surface area (Å²) in [5.41, 5.74) is 1.10. The van der Waals surface area contributed by atoms with Crippen LogP contribution in [0.1, 0.15) is 88.4 Å². The van der Waals surface area contributed by atoms with E-state index in [9.17, 15) is 14.4 Å². The highest BCUT2D eigenvalue weighted by molar-refractivity contribution is 6.07. The van der Waals surface area contributed by atoms with Crippen LogP contribution in [0.15, 0.2) is 61.7 Å². The van der Waals surface area contributed by atoms with Crippen molar-refractivity contribution in [2.45, 2.75) is 77.9 Å². The fourth-order valence-corrected chi connectivity index (χ4v) is 4.71. The Morgan fingerprint density at radius 2 is 1.91 bits per heavy atom. The molecule has 2 atom stereocenters. The number of unbranched alkanes of at least 4 members (excludes halogenated alkanes) is 2. The van der Waals surface area contributed by atoms with Crippen molar-refractivity contribution in [3.63, 3.8) is 0 Å². The summed E-state index contributed by atoms with van der Waals surface area (Å²) in [7, 11) is 1.69. The molecule has 0 aliphatic carbocycles. The fraction of sp³-hybridized carbons (Fsp3) is 0.485. The molecular weight excluding hydrogens is 560 g/mol. The number of aryl methyl sites for hydroxylation is 1. The van der Waals surface area contributed by atoms with Crippen LogP contribution < -0.4 is 15.5 Å². The fourth-order valence-electron chi connectivity index (χ4n) is 4.71. The number of allylic oxidation sites excluding steroid dienone is 2. The van der Waals surface area contributed by atoms with Gasteiger partial charge in [-0.2, -0.15) is 5.10 Å². The van der Waals surface area contributed by atoms with E-state index in [1.54, 1.807) is 25.5 Å². The van der Waals surface area contributed by atoms with Crippen LogP contribution in [0.5, 0.6) is 0 Å². The Labute approximate surface area is 260 Å². The zero-order valence-corrected chi connectivity index (χ0v) is 26.6. The SMILES string of the molecule is C=CCCCNC(=O)c1nn(C)cc1NC(=O)C1=COC(c2ccnc(N(CCCC=C)C(=O)OC(C)(C)C)c2)C(C)CC1. The monoisotopic (exact) mass is 606 g/mol. The molecule has 2 aromatic rings. The standard InChI is InChI=1S/C33H46N6O5/c1-8-10-12-17-35-31(41)28-26(21-38(7)37-28)36-30(40)25-15-14-23(3)29(43-22-25)24-16-18-34-27(20-24)39(19-13-11-9-2)32(42)44-33(4,5)6/h8-9,16,18,20-23,29H,1-2,10-15,17,19H2,3-7H3,(H,35,41)(H,36,40). The van der Waals surface area contributed by atoms with E-state index in [1.165, 1.54) is 15.8 Å². The van der Waals surface area contributed by atoms with Gasteiger partial charge in [-0.25, -0.2) is 9.78 Å². The zero-order chi connectivity index (χ0) is 32.3. The van der Waals surface area contributed by atoms with Crippen molar-refractivity contribution in [2.24, 2.45) is 13.0 Å². The second-order valence-corrected chi connectivity index (χ2v) is 11.9. The van der Waals surface area contributed by atoms with Gasteiger partial charge in [0, 0.05) is 32.5 Å². The number of ether oxygens (including phenoxy) is 2. The van der Waals surface area contributed by atoms with Crippen molar-refractivity contribution >= 4 is 29.4 Å². The molecule has 44 heavy (non-hydrogen) atoms. The van der Waals surface area contributed by atoms with Crippen LogP contribution in [0.25, 0.3) is 0 Å². The van der Waals surface area contributed by atoms with Crippen molar-refractivity contribution in [3.8, 4) is 0 Å². The number of rotatable bonds is 13. The molecule has 2 unspecified atom stereocenters. The van der Waals surface area contributed by atoms with Crippen LogP contribution in [0.4, 0.5) is 16.3 Å². The van der Waals surface area contributed by atoms with Crippen LogP contribution in [0.3, 0.4) is 0 Å². The maximum atomic E-state index is 13.3. The largest absolute Gasteiger partial charge is 0.493 e. The molecule has 0 bridgehead atoms. The molecule has 238 valence electrons. The van der Waals surface area contributed by atoms with Gasteiger partial charge in [-0.1, -0.05) is 19.1 Å². The van der Waals surface area contributed by atoms with E-state index in [2.05, 4.69) is 40.8 Å². The average Bonchev–Trinajstić information content (AvgIpc) is 3.21. The summed E-state index contributed by atoms with van der Waals surface area (Å²) in [6.07, 6.45) is 11.7. The Hall–Kier alpha value is -4.41. The molecule has 11 heteroatoms. The number of aromatic nitrogens is 3. The molecule has 11 nitrogen and oxygen atoms in total. The third-order valence-electron chi connectivity index (χ3n) is 6.98. The van der Waals surface area contributed by atoms with E-state index in [-0.39, 0.29) is 29.5 Å². The number of nitrogens with zero attached hydrogens (tertiary/aromatic N) is 4.